The van der Waals surface area contributed by atoms with Crippen LogP contribution in [0.5, 0.6) is 5.75 Å². The van der Waals surface area contributed by atoms with Crippen LogP contribution in [0, 0.1) is 5.41 Å². The summed E-state index contributed by atoms with van der Waals surface area (Å²) >= 11 is 0. The van der Waals surface area contributed by atoms with E-state index in [0.29, 0.717) is 18.2 Å². The van der Waals surface area contributed by atoms with Crippen LogP contribution in [0.4, 0.5) is 8.78 Å². The van der Waals surface area contributed by atoms with E-state index in [-0.39, 0.29) is 11.6 Å². The number of ether oxygens (including phenoxy) is 2. The zero-order valence-electron chi connectivity index (χ0n) is 17.8. The molecule has 2 N–H and O–H groups in total. The van der Waals surface area contributed by atoms with Gasteiger partial charge in [0, 0.05) is 12.5 Å². The van der Waals surface area contributed by atoms with E-state index in [1.807, 2.05) is 31.2 Å². The third kappa shape index (κ3) is 8.33. The number of unbranched alkanes of at least 4 members (excludes halogenated alkanes) is 1. The number of rotatable bonds is 11. The minimum Gasteiger partial charge on any atom is -0.444 e. The monoisotopic (exact) mass is 416 g/mol. The summed E-state index contributed by atoms with van der Waals surface area (Å²) in [7, 11) is 0. The topological polar surface area (TPSA) is 54.3 Å². The Bertz CT molecular complexity index is 843. The van der Waals surface area contributed by atoms with Gasteiger partial charge in [0.05, 0.1) is 5.76 Å². The van der Waals surface area contributed by atoms with Crippen LogP contribution in [0.3, 0.4) is 0 Å². The maximum absolute atomic E-state index is 13.1. The number of benzene rings is 2. The number of nitrogens with one attached hydrogen (secondary N) is 2. The Morgan fingerprint density at radius 3 is 2.50 bits per heavy atom. The van der Waals surface area contributed by atoms with Gasteiger partial charge in [-0.05, 0) is 74.3 Å². The molecule has 4 nitrogen and oxygen atoms in total. The maximum atomic E-state index is 13.1. The molecule has 0 saturated heterocycles. The average molecular weight is 417 g/mol. The largest absolute Gasteiger partial charge is 0.444 e. The SMILES string of the molecule is CCCCNCC/C=C(\C)OC(=N)c1ccc(-c2cccc(OC(C)(F)F)c2)cc1. The van der Waals surface area contributed by atoms with Gasteiger partial charge in [0.25, 0.3) is 0 Å². The number of halogens is 2. The van der Waals surface area contributed by atoms with Crippen LogP contribution >= 0.6 is 0 Å². The molecule has 0 fully saturated rings. The summed E-state index contributed by atoms with van der Waals surface area (Å²) in [5.74, 6) is 0.855. The van der Waals surface area contributed by atoms with Crippen molar-refractivity contribution in [2.24, 2.45) is 0 Å². The first-order valence-electron chi connectivity index (χ1n) is 10.2. The Labute approximate surface area is 177 Å². The van der Waals surface area contributed by atoms with Gasteiger partial charge in [0.15, 0.2) is 0 Å². The first-order chi connectivity index (χ1) is 14.3. The van der Waals surface area contributed by atoms with Crippen LogP contribution in [0.15, 0.2) is 60.4 Å². The van der Waals surface area contributed by atoms with Gasteiger partial charge in [-0.25, -0.2) is 0 Å². The summed E-state index contributed by atoms with van der Waals surface area (Å²) in [5.41, 5.74) is 2.23. The van der Waals surface area contributed by atoms with Crippen molar-refractivity contribution in [3.8, 4) is 16.9 Å². The molecule has 0 saturated carbocycles. The molecule has 0 aliphatic rings. The molecule has 0 unspecified atom stereocenters. The normalized spacial score (nSPS) is 12.0. The van der Waals surface area contributed by atoms with Crippen LogP contribution in [-0.2, 0) is 4.74 Å². The Balaban J connectivity index is 1.93. The highest BCUT2D eigenvalue weighted by Crippen LogP contribution is 2.27. The third-order valence-corrected chi connectivity index (χ3v) is 4.33. The molecule has 6 heteroatoms. The number of hydrogen-bond acceptors (Lipinski definition) is 4. The molecule has 2 aromatic rings. The van der Waals surface area contributed by atoms with E-state index in [4.69, 9.17) is 10.1 Å². The third-order valence-electron chi connectivity index (χ3n) is 4.33. The van der Waals surface area contributed by atoms with Gasteiger partial charge in [0.1, 0.15) is 5.75 Å². The molecular formula is C24H30F2N2O2. The lowest BCUT2D eigenvalue weighted by Crippen LogP contribution is -2.18. The first-order valence-corrected chi connectivity index (χ1v) is 10.2. The number of allylic oxidation sites excluding steroid dienone is 1. The molecule has 0 atom stereocenters. The lowest BCUT2D eigenvalue weighted by Gasteiger charge is -2.14. The lowest BCUT2D eigenvalue weighted by molar-refractivity contribution is -0.158. The standard InChI is InChI=1S/C24H30F2N2O2/c1-4-5-15-28-16-7-8-18(2)29-23(27)20-13-11-19(12-14-20)21-9-6-10-22(17-21)30-24(3,25)26/h6,8-14,17,27-28H,4-5,7,15-16H2,1-3H3/b18-8+,27-23?. The molecule has 0 radical (unpaired) electrons. The highest BCUT2D eigenvalue weighted by atomic mass is 19.3. The zero-order chi connectivity index (χ0) is 22.0. The van der Waals surface area contributed by atoms with Gasteiger partial charge in [-0.2, -0.15) is 8.78 Å². The van der Waals surface area contributed by atoms with E-state index in [9.17, 15) is 8.78 Å². The smallest absolute Gasteiger partial charge is 0.394 e. The summed E-state index contributed by atoms with van der Waals surface area (Å²) in [4.78, 5) is 0. The van der Waals surface area contributed by atoms with Crippen molar-refractivity contribution in [2.75, 3.05) is 13.1 Å². The second-order valence-corrected chi connectivity index (χ2v) is 7.15. The van der Waals surface area contributed by atoms with Crippen molar-refractivity contribution in [2.45, 2.75) is 46.1 Å². The van der Waals surface area contributed by atoms with Crippen LogP contribution in [0.25, 0.3) is 11.1 Å². The van der Waals surface area contributed by atoms with Crippen LogP contribution < -0.4 is 10.1 Å². The van der Waals surface area contributed by atoms with Crippen LogP contribution in [0.1, 0.15) is 45.6 Å². The summed E-state index contributed by atoms with van der Waals surface area (Å²) in [6.07, 6.45) is 1.93. The molecule has 2 rings (SSSR count). The number of alkyl halides is 2. The highest BCUT2D eigenvalue weighted by Gasteiger charge is 2.23. The Hall–Kier alpha value is -2.73. The first kappa shape index (κ1) is 23.5. The summed E-state index contributed by atoms with van der Waals surface area (Å²) in [5, 5.41) is 11.5. The molecule has 0 heterocycles. The van der Waals surface area contributed by atoms with Crippen molar-refractivity contribution < 1.29 is 18.3 Å². The molecular weight excluding hydrogens is 386 g/mol. The minimum atomic E-state index is -3.23. The summed E-state index contributed by atoms with van der Waals surface area (Å²) < 4.78 is 36.4. The van der Waals surface area contributed by atoms with E-state index in [0.717, 1.165) is 30.6 Å². The summed E-state index contributed by atoms with van der Waals surface area (Å²) in [6.45, 7) is 6.61. The second kappa shape index (κ2) is 11.5. The van der Waals surface area contributed by atoms with Gasteiger partial charge in [-0.1, -0.05) is 37.6 Å². The van der Waals surface area contributed by atoms with Crippen LogP contribution in [-0.4, -0.2) is 25.1 Å². The van der Waals surface area contributed by atoms with Crippen molar-refractivity contribution in [1.82, 2.24) is 5.32 Å². The Morgan fingerprint density at radius 1 is 1.10 bits per heavy atom. The Morgan fingerprint density at radius 2 is 1.83 bits per heavy atom. The predicted octanol–water partition coefficient (Wildman–Crippen LogP) is 6.37. The predicted molar refractivity (Wildman–Crippen MR) is 117 cm³/mol. The molecule has 0 bridgehead atoms. The maximum Gasteiger partial charge on any atom is 0.394 e. The van der Waals surface area contributed by atoms with Crippen LogP contribution in [0.2, 0.25) is 0 Å². The van der Waals surface area contributed by atoms with Gasteiger partial charge in [-0.3, -0.25) is 5.41 Å². The van der Waals surface area contributed by atoms with Gasteiger partial charge in [0.2, 0.25) is 5.90 Å². The van der Waals surface area contributed by atoms with E-state index < -0.39 is 6.11 Å². The molecule has 0 spiro atoms. The molecule has 0 aromatic heterocycles. The van der Waals surface area contributed by atoms with Gasteiger partial charge >= 0.3 is 6.11 Å². The molecule has 2 aromatic carbocycles. The lowest BCUT2D eigenvalue weighted by atomic mass is 10.0. The fourth-order valence-electron chi connectivity index (χ4n) is 2.83. The quantitative estimate of drug-likeness (QED) is 0.194. The van der Waals surface area contributed by atoms with Gasteiger partial charge in [-0.15, -0.1) is 0 Å². The summed E-state index contributed by atoms with van der Waals surface area (Å²) in [6, 6.07) is 13.8. The molecule has 0 aliphatic carbocycles. The average Bonchev–Trinajstić information content (AvgIpc) is 2.69. The molecule has 0 aliphatic heterocycles. The van der Waals surface area contributed by atoms with Crippen molar-refractivity contribution in [3.05, 3.63) is 65.9 Å². The number of hydrogen-bond donors (Lipinski definition) is 2. The fraction of sp³-hybridized carbons (Fsp3) is 0.375. The van der Waals surface area contributed by atoms with Gasteiger partial charge < -0.3 is 14.8 Å². The molecule has 0 amide bonds. The zero-order valence-corrected chi connectivity index (χ0v) is 17.8. The van der Waals surface area contributed by atoms with Crippen molar-refractivity contribution >= 4 is 5.90 Å². The molecule has 30 heavy (non-hydrogen) atoms. The fourth-order valence-corrected chi connectivity index (χ4v) is 2.83. The van der Waals surface area contributed by atoms with E-state index in [1.165, 1.54) is 18.9 Å². The van der Waals surface area contributed by atoms with E-state index >= 15 is 0 Å². The second-order valence-electron chi connectivity index (χ2n) is 7.15. The van der Waals surface area contributed by atoms with E-state index in [2.05, 4.69) is 17.0 Å². The van der Waals surface area contributed by atoms with Crippen molar-refractivity contribution in [3.63, 3.8) is 0 Å². The van der Waals surface area contributed by atoms with Crippen molar-refractivity contribution in [1.29, 1.82) is 5.41 Å². The Kier molecular flexibility index (Phi) is 8.99. The molecule has 162 valence electrons. The highest BCUT2D eigenvalue weighted by molar-refractivity contribution is 5.92. The minimum absolute atomic E-state index is 0.0666. The van der Waals surface area contributed by atoms with E-state index in [1.54, 1.807) is 24.3 Å².